The minimum absolute atomic E-state index is 0. The Balaban J connectivity index is 0.000000605. The number of fused-ring (bicyclic) bond motifs is 1. The smallest absolute Gasteiger partial charge is 0.0416 e. The quantitative estimate of drug-likeness (QED) is 0.697. The molecule has 0 aromatic heterocycles. The van der Waals surface area contributed by atoms with Gasteiger partial charge in [0.1, 0.15) is 0 Å². The van der Waals surface area contributed by atoms with E-state index >= 15 is 0 Å². The summed E-state index contributed by atoms with van der Waals surface area (Å²) in [5.41, 5.74) is 2.53. The maximum absolute atomic E-state index is 3.28. The Hall–Kier alpha value is -0.760. The van der Waals surface area contributed by atoms with Crippen LogP contribution in [-0.4, -0.2) is 6.54 Å². The first-order chi connectivity index (χ1) is 4.97. The molecule has 0 unspecified atom stereocenters. The number of hydrogen-bond donors (Lipinski definition) is 1. The van der Waals surface area contributed by atoms with E-state index in [1.54, 1.807) is 0 Å². The summed E-state index contributed by atoms with van der Waals surface area (Å²) in [6.45, 7) is 0.955. The van der Waals surface area contributed by atoms with Gasteiger partial charge in [-0.2, -0.15) is 0 Å². The van der Waals surface area contributed by atoms with Gasteiger partial charge in [-0.25, -0.2) is 0 Å². The molecule has 0 aliphatic carbocycles. The maximum Gasteiger partial charge on any atom is 0.0416 e. The third-order valence-corrected chi connectivity index (χ3v) is 1.67. The van der Waals surface area contributed by atoms with Crippen LogP contribution in [0, 0.1) is 0 Å². The Morgan fingerprint density at radius 3 is 2.82 bits per heavy atom. The number of hydrogen-bond acceptors (Lipinski definition) is 1. The molecule has 0 atom stereocenters. The zero-order chi connectivity index (χ0) is 6.81. The molecule has 1 nitrogen and oxygen atoms in total. The zero-order valence-electron chi connectivity index (χ0n) is 6.08. The minimum atomic E-state index is 0. The van der Waals surface area contributed by atoms with E-state index in [1.807, 2.05) is 6.07 Å². The van der Waals surface area contributed by atoms with E-state index in [2.05, 4.69) is 35.7 Å². The summed E-state index contributed by atoms with van der Waals surface area (Å²) in [6, 6.07) is 8.30. The highest BCUT2D eigenvalue weighted by molar-refractivity contribution is 8.93. The van der Waals surface area contributed by atoms with Crippen molar-refractivity contribution in [1.29, 1.82) is 0 Å². The van der Waals surface area contributed by atoms with E-state index < -0.39 is 0 Å². The molecule has 1 aromatic carbocycles. The highest BCUT2D eigenvalue weighted by Crippen LogP contribution is 2.18. The lowest BCUT2D eigenvalue weighted by atomic mass is 10.1. The van der Waals surface area contributed by atoms with Crippen molar-refractivity contribution in [1.82, 2.24) is 0 Å². The Bertz CT molecular complexity index is 268. The van der Waals surface area contributed by atoms with Gasteiger partial charge in [0, 0.05) is 12.2 Å². The fourth-order valence-corrected chi connectivity index (χ4v) is 1.16. The second-order valence-corrected chi connectivity index (χ2v) is 2.37. The molecule has 0 amide bonds. The van der Waals surface area contributed by atoms with E-state index in [4.69, 9.17) is 0 Å². The van der Waals surface area contributed by atoms with Gasteiger partial charge in [0.25, 0.3) is 0 Å². The number of para-hydroxylation sites is 1. The molecule has 1 aliphatic rings. The number of nitrogens with one attached hydrogen (secondary N) is 1. The number of anilines is 1. The van der Waals surface area contributed by atoms with Gasteiger partial charge >= 0.3 is 0 Å². The molecule has 1 aromatic rings. The molecule has 0 spiro atoms. The molecular formula is C9H10BrN. The van der Waals surface area contributed by atoms with Gasteiger partial charge in [-0.1, -0.05) is 30.4 Å². The van der Waals surface area contributed by atoms with Crippen LogP contribution in [0.3, 0.4) is 0 Å². The van der Waals surface area contributed by atoms with Gasteiger partial charge in [-0.3, -0.25) is 0 Å². The molecule has 1 aliphatic heterocycles. The monoisotopic (exact) mass is 211 g/mol. The van der Waals surface area contributed by atoms with Crippen LogP contribution in [0.1, 0.15) is 5.56 Å². The van der Waals surface area contributed by atoms with E-state index in [0.29, 0.717) is 0 Å². The average molecular weight is 212 g/mol. The van der Waals surface area contributed by atoms with Crippen LogP contribution < -0.4 is 5.32 Å². The van der Waals surface area contributed by atoms with Gasteiger partial charge in [-0.15, -0.1) is 17.0 Å². The molecule has 2 rings (SSSR count). The second kappa shape index (κ2) is 3.58. The van der Waals surface area contributed by atoms with Crippen molar-refractivity contribution in [3.8, 4) is 0 Å². The van der Waals surface area contributed by atoms with Crippen LogP contribution in [0.5, 0.6) is 0 Å². The normalized spacial score (nSPS) is 12.7. The molecule has 0 fully saturated rings. The molecule has 2 heteroatoms. The predicted octanol–water partition coefficient (Wildman–Crippen LogP) is 2.70. The van der Waals surface area contributed by atoms with Crippen LogP contribution in [0.15, 0.2) is 30.3 Å². The fourth-order valence-electron chi connectivity index (χ4n) is 1.16. The van der Waals surface area contributed by atoms with E-state index in [0.717, 1.165) is 6.54 Å². The summed E-state index contributed by atoms with van der Waals surface area (Å²) in [5, 5.41) is 3.28. The Morgan fingerprint density at radius 2 is 2.00 bits per heavy atom. The van der Waals surface area contributed by atoms with Crippen molar-refractivity contribution in [2.75, 3.05) is 11.9 Å². The fraction of sp³-hybridized carbons (Fsp3) is 0.111. The van der Waals surface area contributed by atoms with E-state index in [9.17, 15) is 0 Å². The van der Waals surface area contributed by atoms with Crippen molar-refractivity contribution < 1.29 is 0 Å². The van der Waals surface area contributed by atoms with E-state index in [-0.39, 0.29) is 17.0 Å². The van der Waals surface area contributed by atoms with Gasteiger partial charge < -0.3 is 5.32 Å². The number of rotatable bonds is 0. The summed E-state index contributed by atoms with van der Waals surface area (Å²) < 4.78 is 0. The predicted molar refractivity (Wildman–Crippen MR) is 54.3 cm³/mol. The molecule has 11 heavy (non-hydrogen) atoms. The highest BCUT2D eigenvalue weighted by Gasteiger charge is 1.98. The van der Waals surface area contributed by atoms with Crippen LogP contribution >= 0.6 is 17.0 Å². The average Bonchev–Trinajstić information content (AvgIpc) is 2.05. The number of benzene rings is 1. The molecule has 0 saturated heterocycles. The molecule has 1 heterocycles. The van der Waals surface area contributed by atoms with Crippen LogP contribution in [0.25, 0.3) is 6.08 Å². The highest BCUT2D eigenvalue weighted by atomic mass is 79.9. The molecule has 0 radical (unpaired) electrons. The third-order valence-electron chi connectivity index (χ3n) is 1.67. The molecule has 0 saturated carbocycles. The van der Waals surface area contributed by atoms with Crippen LogP contribution in [0.4, 0.5) is 5.69 Å². The van der Waals surface area contributed by atoms with Crippen LogP contribution in [0.2, 0.25) is 0 Å². The lowest BCUT2D eigenvalue weighted by Crippen LogP contribution is -2.03. The van der Waals surface area contributed by atoms with Crippen LogP contribution in [-0.2, 0) is 0 Å². The lowest BCUT2D eigenvalue weighted by molar-refractivity contribution is 1.31. The first-order valence-corrected chi connectivity index (χ1v) is 3.46. The third kappa shape index (κ3) is 1.63. The minimum Gasteiger partial charge on any atom is -0.381 e. The molecule has 0 bridgehead atoms. The largest absolute Gasteiger partial charge is 0.381 e. The topological polar surface area (TPSA) is 12.0 Å². The summed E-state index contributed by atoms with van der Waals surface area (Å²) in [7, 11) is 0. The summed E-state index contributed by atoms with van der Waals surface area (Å²) >= 11 is 0. The standard InChI is InChI=1S/C9H9N.BrH/c1-2-6-9-8(4-1)5-3-7-10-9;/h1-6,10H,7H2;1H. The number of halogens is 1. The Labute approximate surface area is 76.9 Å². The SMILES string of the molecule is Br.C1=Cc2ccccc2NC1. The summed E-state index contributed by atoms with van der Waals surface area (Å²) in [4.78, 5) is 0. The van der Waals surface area contributed by atoms with Gasteiger partial charge in [0.2, 0.25) is 0 Å². The van der Waals surface area contributed by atoms with Crippen molar-refractivity contribution in [2.24, 2.45) is 0 Å². The van der Waals surface area contributed by atoms with Crippen molar-refractivity contribution in [2.45, 2.75) is 0 Å². The molecular weight excluding hydrogens is 202 g/mol. The Kier molecular flexibility index (Phi) is 2.71. The molecule has 1 N–H and O–H groups in total. The van der Waals surface area contributed by atoms with Crippen molar-refractivity contribution >= 4 is 28.7 Å². The second-order valence-electron chi connectivity index (χ2n) is 2.37. The zero-order valence-corrected chi connectivity index (χ0v) is 7.79. The van der Waals surface area contributed by atoms with Crippen molar-refractivity contribution in [3.05, 3.63) is 35.9 Å². The van der Waals surface area contributed by atoms with Crippen molar-refractivity contribution in [3.63, 3.8) is 0 Å². The summed E-state index contributed by atoms with van der Waals surface area (Å²) in [6.07, 6.45) is 4.27. The van der Waals surface area contributed by atoms with E-state index in [1.165, 1.54) is 11.3 Å². The van der Waals surface area contributed by atoms with Gasteiger partial charge in [-0.05, 0) is 11.6 Å². The first kappa shape index (κ1) is 8.34. The Morgan fingerprint density at radius 1 is 1.18 bits per heavy atom. The first-order valence-electron chi connectivity index (χ1n) is 3.46. The maximum atomic E-state index is 3.28. The lowest BCUT2D eigenvalue weighted by Gasteiger charge is -2.11. The van der Waals surface area contributed by atoms with Gasteiger partial charge in [0.05, 0.1) is 0 Å². The molecule has 58 valence electrons. The van der Waals surface area contributed by atoms with Gasteiger partial charge in [0.15, 0.2) is 0 Å². The summed E-state index contributed by atoms with van der Waals surface area (Å²) in [5.74, 6) is 0.